The van der Waals surface area contributed by atoms with Crippen molar-refractivity contribution in [2.24, 2.45) is 5.73 Å². The number of hydrogen-bond donors (Lipinski definition) is 1. The van der Waals surface area contributed by atoms with Crippen LogP contribution in [0.25, 0.3) is 0 Å². The Bertz CT molecular complexity index is 715. The Kier molecular flexibility index (Phi) is 2.99. The third-order valence-electron chi connectivity index (χ3n) is 3.23. The lowest BCUT2D eigenvalue weighted by Crippen LogP contribution is -2.21. The van der Waals surface area contributed by atoms with Gasteiger partial charge in [0.25, 0.3) is 0 Å². The average molecular weight is 333 g/mol. The fourth-order valence-electron chi connectivity index (χ4n) is 2.38. The molecular weight excluding hydrogens is 324 g/mol. The minimum atomic E-state index is -0.545. The van der Waals surface area contributed by atoms with Crippen LogP contribution in [0.5, 0.6) is 0 Å². The molecule has 0 aromatic heterocycles. The molecule has 0 saturated heterocycles. The molecule has 2 N–H and O–H groups in total. The van der Waals surface area contributed by atoms with Gasteiger partial charge in [-0.05, 0) is 17.7 Å². The summed E-state index contributed by atoms with van der Waals surface area (Å²) < 4.78 is 11.2. The first kappa shape index (κ1) is 12.8. The first-order valence-electron chi connectivity index (χ1n) is 5.85. The molecule has 0 aliphatic carbocycles. The molecule has 1 aromatic carbocycles. The second-order valence-corrected chi connectivity index (χ2v) is 5.31. The van der Waals surface area contributed by atoms with E-state index in [1.807, 2.05) is 30.3 Å². The number of benzene rings is 1. The highest BCUT2D eigenvalue weighted by molar-refractivity contribution is 9.10. The zero-order chi connectivity index (χ0) is 14.3. The molecule has 0 saturated carbocycles. The van der Waals surface area contributed by atoms with Gasteiger partial charge in [-0.2, -0.15) is 5.26 Å². The lowest BCUT2D eigenvalue weighted by molar-refractivity contribution is -0.136. The fourth-order valence-corrected chi connectivity index (χ4v) is 2.79. The van der Waals surface area contributed by atoms with Crippen molar-refractivity contribution in [2.75, 3.05) is 6.61 Å². The first-order valence-corrected chi connectivity index (χ1v) is 6.64. The van der Waals surface area contributed by atoms with Gasteiger partial charge in [-0.3, -0.25) is 0 Å². The van der Waals surface area contributed by atoms with Crippen molar-refractivity contribution >= 4 is 21.9 Å². The number of nitrogens with two attached hydrogens (primary N) is 1. The van der Waals surface area contributed by atoms with Crippen molar-refractivity contribution in [2.45, 2.75) is 5.92 Å². The lowest BCUT2D eigenvalue weighted by Gasteiger charge is -2.23. The highest BCUT2D eigenvalue weighted by atomic mass is 79.9. The van der Waals surface area contributed by atoms with E-state index in [1.54, 1.807) is 0 Å². The minimum absolute atomic E-state index is 0.0227. The average Bonchev–Trinajstić information content (AvgIpc) is 2.78. The lowest BCUT2D eigenvalue weighted by atomic mass is 9.84. The molecule has 0 fully saturated rings. The Balaban J connectivity index is 2.19. The van der Waals surface area contributed by atoms with Crippen molar-refractivity contribution in [1.29, 1.82) is 5.26 Å². The third kappa shape index (κ3) is 1.87. The Hall–Kier alpha value is -2.26. The summed E-state index contributed by atoms with van der Waals surface area (Å²) in [6.07, 6.45) is 0. The Labute approximate surface area is 123 Å². The largest absolute Gasteiger partial charge is 0.454 e. The van der Waals surface area contributed by atoms with Crippen LogP contribution in [0.15, 0.2) is 51.5 Å². The monoisotopic (exact) mass is 332 g/mol. The van der Waals surface area contributed by atoms with E-state index in [-0.39, 0.29) is 18.1 Å². The van der Waals surface area contributed by atoms with Gasteiger partial charge in [-0.15, -0.1) is 0 Å². The Morgan fingerprint density at radius 1 is 1.45 bits per heavy atom. The molecule has 6 heteroatoms. The molecule has 3 rings (SSSR count). The van der Waals surface area contributed by atoms with E-state index in [4.69, 9.17) is 15.2 Å². The molecule has 20 heavy (non-hydrogen) atoms. The summed E-state index contributed by atoms with van der Waals surface area (Å²) in [6, 6.07) is 9.41. The summed E-state index contributed by atoms with van der Waals surface area (Å²) in [5.74, 6) is -0.604. The molecule has 5 nitrogen and oxygen atoms in total. The molecule has 0 bridgehead atoms. The van der Waals surface area contributed by atoms with Gasteiger partial charge < -0.3 is 15.2 Å². The summed E-state index contributed by atoms with van der Waals surface area (Å²) in [4.78, 5) is 11.9. The van der Waals surface area contributed by atoms with Crippen LogP contribution in [0.1, 0.15) is 11.5 Å². The molecular formula is C14H9BrN2O3. The smallest absolute Gasteiger partial charge is 0.339 e. The van der Waals surface area contributed by atoms with Gasteiger partial charge in [0.2, 0.25) is 5.88 Å². The SMILES string of the molecule is N#CC1=C(N)OC2=C(C(=O)OC2)C1c1cccc(Br)c1. The Morgan fingerprint density at radius 3 is 2.95 bits per heavy atom. The van der Waals surface area contributed by atoms with E-state index >= 15 is 0 Å². The van der Waals surface area contributed by atoms with E-state index in [0.29, 0.717) is 11.3 Å². The van der Waals surface area contributed by atoms with Gasteiger partial charge in [0.05, 0.1) is 11.5 Å². The quantitative estimate of drug-likeness (QED) is 0.795. The van der Waals surface area contributed by atoms with Gasteiger partial charge in [-0.25, -0.2) is 4.79 Å². The number of cyclic esters (lactones) is 1. The van der Waals surface area contributed by atoms with Gasteiger partial charge in [-0.1, -0.05) is 28.1 Å². The maximum Gasteiger partial charge on any atom is 0.339 e. The van der Waals surface area contributed by atoms with Crippen LogP contribution < -0.4 is 5.73 Å². The molecule has 1 aromatic rings. The van der Waals surface area contributed by atoms with E-state index < -0.39 is 11.9 Å². The van der Waals surface area contributed by atoms with Crippen molar-refractivity contribution < 1.29 is 14.3 Å². The molecule has 2 heterocycles. The van der Waals surface area contributed by atoms with E-state index in [9.17, 15) is 10.1 Å². The number of rotatable bonds is 1. The normalized spacial score (nSPS) is 21.2. The third-order valence-corrected chi connectivity index (χ3v) is 3.73. The number of halogens is 1. The zero-order valence-electron chi connectivity index (χ0n) is 10.2. The van der Waals surface area contributed by atoms with Crippen LogP contribution in [-0.4, -0.2) is 12.6 Å². The maximum atomic E-state index is 11.9. The molecule has 0 radical (unpaired) electrons. The number of ether oxygens (including phenoxy) is 2. The van der Waals surface area contributed by atoms with Gasteiger partial charge in [0.1, 0.15) is 18.2 Å². The molecule has 1 atom stereocenters. The van der Waals surface area contributed by atoms with Gasteiger partial charge in [0.15, 0.2) is 5.76 Å². The van der Waals surface area contributed by atoms with Crippen molar-refractivity contribution in [1.82, 2.24) is 0 Å². The van der Waals surface area contributed by atoms with E-state index in [0.717, 1.165) is 10.0 Å². The highest BCUT2D eigenvalue weighted by Crippen LogP contribution is 2.42. The fraction of sp³-hybridized carbons (Fsp3) is 0.143. The number of nitriles is 1. The van der Waals surface area contributed by atoms with Crippen LogP contribution >= 0.6 is 15.9 Å². The van der Waals surface area contributed by atoms with Crippen LogP contribution in [0, 0.1) is 11.3 Å². The summed E-state index contributed by atoms with van der Waals surface area (Å²) in [6.45, 7) is 0.0536. The number of carbonyl (C=O) groups excluding carboxylic acids is 1. The second kappa shape index (κ2) is 4.69. The van der Waals surface area contributed by atoms with E-state index in [2.05, 4.69) is 15.9 Å². The summed E-state index contributed by atoms with van der Waals surface area (Å²) in [5.41, 5.74) is 7.14. The Morgan fingerprint density at radius 2 is 2.25 bits per heavy atom. The standard InChI is InChI=1S/C14H9BrN2O3/c15-8-3-1-2-7(4-8)11-9(5-16)13(17)20-10-6-19-14(18)12(10)11/h1-4,11H,6,17H2. The van der Waals surface area contributed by atoms with Crippen LogP contribution in [-0.2, 0) is 14.3 Å². The van der Waals surface area contributed by atoms with Crippen molar-refractivity contribution in [3.8, 4) is 6.07 Å². The molecule has 0 amide bonds. The van der Waals surface area contributed by atoms with Gasteiger partial charge in [0, 0.05) is 4.47 Å². The number of esters is 1. The van der Waals surface area contributed by atoms with Crippen LogP contribution in [0.4, 0.5) is 0 Å². The number of allylic oxidation sites excluding steroid dienone is 1. The molecule has 1 unspecified atom stereocenters. The second-order valence-electron chi connectivity index (χ2n) is 4.39. The predicted molar refractivity (Wildman–Crippen MR) is 72.8 cm³/mol. The zero-order valence-corrected chi connectivity index (χ0v) is 11.8. The van der Waals surface area contributed by atoms with Gasteiger partial charge >= 0.3 is 5.97 Å². The molecule has 0 spiro atoms. The highest BCUT2D eigenvalue weighted by Gasteiger charge is 2.41. The number of carbonyl (C=O) groups is 1. The molecule has 2 aliphatic heterocycles. The number of hydrogen-bond acceptors (Lipinski definition) is 5. The van der Waals surface area contributed by atoms with Crippen LogP contribution in [0.2, 0.25) is 0 Å². The van der Waals surface area contributed by atoms with Crippen LogP contribution in [0.3, 0.4) is 0 Å². The predicted octanol–water partition coefficient (Wildman–Crippen LogP) is 2.07. The summed E-state index contributed by atoms with van der Waals surface area (Å²) >= 11 is 3.38. The van der Waals surface area contributed by atoms with Crippen molar-refractivity contribution in [3.05, 3.63) is 57.1 Å². The van der Waals surface area contributed by atoms with Crippen molar-refractivity contribution in [3.63, 3.8) is 0 Å². The first-order chi connectivity index (χ1) is 9.61. The topological polar surface area (TPSA) is 85.3 Å². The molecule has 100 valence electrons. The maximum absolute atomic E-state index is 11.9. The summed E-state index contributed by atoms with van der Waals surface area (Å²) in [5, 5.41) is 9.31. The minimum Gasteiger partial charge on any atom is -0.454 e. The van der Waals surface area contributed by atoms with E-state index in [1.165, 1.54) is 0 Å². The summed E-state index contributed by atoms with van der Waals surface area (Å²) in [7, 11) is 0. The number of nitrogens with zero attached hydrogens (tertiary/aromatic N) is 1. The molecule has 2 aliphatic rings.